The molecule has 0 saturated carbocycles. The summed E-state index contributed by atoms with van der Waals surface area (Å²) in [5.74, 6) is 0.187. The highest BCUT2D eigenvalue weighted by molar-refractivity contribution is 5.23. The van der Waals surface area contributed by atoms with Crippen molar-refractivity contribution in [2.75, 3.05) is 18.9 Å². The first-order chi connectivity index (χ1) is 8.31. The summed E-state index contributed by atoms with van der Waals surface area (Å²) in [4.78, 5) is 15.1. The van der Waals surface area contributed by atoms with Gasteiger partial charge in [-0.1, -0.05) is 20.8 Å². The Morgan fingerprint density at radius 3 is 2.72 bits per heavy atom. The smallest absolute Gasteiger partial charge is 0.349 e. The van der Waals surface area contributed by atoms with Crippen LogP contribution in [0.5, 0.6) is 0 Å². The summed E-state index contributed by atoms with van der Waals surface area (Å²) in [6, 6.07) is 1.54. The lowest BCUT2D eigenvalue weighted by atomic mass is 9.98. The average Bonchev–Trinajstić information content (AvgIpc) is 2.25. The maximum absolute atomic E-state index is 11.5. The van der Waals surface area contributed by atoms with Gasteiger partial charge in [0.2, 0.25) is 0 Å². The standard InChI is InChI=1S/C12H21N3O3/c1-12(2,3)8-18-9(7-16)6-15-5-4-10(13)14-11(15)17/h4-5,9,16H,6-8H2,1-3H3,(H2,13,14,17)/t9-/m0/s1. The van der Waals surface area contributed by atoms with Crippen molar-refractivity contribution in [2.24, 2.45) is 5.41 Å². The van der Waals surface area contributed by atoms with E-state index in [2.05, 4.69) is 4.98 Å². The minimum atomic E-state index is -0.437. The minimum absolute atomic E-state index is 0.0117. The molecule has 1 heterocycles. The van der Waals surface area contributed by atoms with Crippen molar-refractivity contribution in [2.45, 2.75) is 33.4 Å². The maximum Gasteiger partial charge on any atom is 0.349 e. The SMILES string of the molecule is CC(C)(C)CO[C@H](CO)Cn1ccc(N)nc1=O. The van der Waals surface area contributed by atoms with Crippen molar-refractivity contribution in [1.82, 2.24) is 9.55 Å². The van der Waals surface area contributed by atoms with Gasteiger partial charge in [0.05, 0.1) is 25.9 Å². The first kappa shape index (κ1) is 14.7. The van der Waals surface area contributed by atoms with Gasteiger partial charge < -0.3 is 15.6 Å². The molecule has 0 saturated heterocycles. The zero-order valence-corrected chi connectivity index (χ0v) is 11.1. The van der Waals surface area contributed by atoms with Crippen LogP contribution in [0, 0.1) is 5.41 Å². The van der Waals surface area contributed by atoms with E-state index in [1.807, 2.05) is 20.8 Å². The van der Waals surface area contributed by atoms with Crippen LogP contribution in [0.3, 0.4) is 0 Å². The number of rotatable bonds is 5. The molecule has 1 rings (SSSR count). The van der Waals surface area contributed by atoms with Crippen LogP contribution in [0.2, 0.25) is 0 Å². The lowest BCUT2D eigenvalue weighted by Crippen LogP contribution is -2.33. The molecule has 6 nitrogen and oxygen atoms in total. The van der Waals surface area contributed by atoms with Crippen molar-refractivity contribution in [3.8, 4) is 0 Å². The summed E-state index contributed by atoms with van der Waals surface area (Å²) >= 11 is 0. The van der Waals surface area contributed by atoms with Crippen molar-refractivity contribution in [3.05, 3.63) is 22.7 Å². The Morgan fingerprint density at radius 2 is 2.22 bits per heavy atom. The zero-order chi connectivity index (χ0) is 13.8. The number of nitrogens with zero attached hydrogens (tertiary/aromatic N) is 2. The van der Waals surface area contributed by atoms with Crippen LogP contribution in [0.25, 0.3) is 0 Å². The fourth-order valence-corrected chi connectivity index (χ4v) is 1.33. The lowest BCUT2D eigenvalue weighted by Gasteiger charge is -2.23. The highest BCUT2D eigenvalue weighted by Crippen LogP contribution is 2.14. The van der Waals surface area contributed by atoms with Gasteiger partial charge in [0, 0.05) is 6.20 Å². The Morgan fingerprint density at radius 1 is 1.56 bits per heavy atom. The summed E-state index contributed by atoms with van der Waals surface area (Å²) in [6.45, 7) is 6.75. The first-order valence-electron chi connectivity index (χ1n) is 5.87. The molecule has 1 aromatic rings. The number of anilines is 1. The predicted molar refractivity (Wildman–Crippen MR) is 69.2 cm³/mol. The molecule has 0 unspecified atom stereocenters. The second-order valence-corrected chi connectivity index (χ2v) is 5.46. The fraction of sp³-hybridized carbons (Fsp3) is 0.667. The second-order valence-electron chi connectivity index (χ2n) is 5.46. The van der Waals surface area contributed by atoms with Crippen molar-refractivity contribution >= 4 is 5.82 Å². The van der Waals surface area contributed by atoms with Gasteiger partial charge in [0.15, 0.2) is 0 Å². The number of aromatic nitrogens is 2. The third kappa shape index (κ3) is 4.85. The van der Waals surface area contributed by atoms with Crippen LogP contribution in [0.1, 0.15) is 20.8 Å². The Labute approximate surface area is 106 Å². The lowest BCUT2D eigenvalue weighted by molar-refractivity contribution is -0.0286. The highest BCUT2D eigenvalue weighted by Gasteiger charge is 2.16. The molecule has 0 aromatic carbocycles. The van der Waals surface area contributed by atoms with Crippen LogP contribution < -0.4 is 11.4 Å². The van der Waals surface area contributed by atoms with Crippen LogP contribution >= 0.6 is 0 Å². The maximum atomic E-state index is 11.5. The number of hydrogen-bond acceptors (Lipinski definition) is 5. The van der Waals surface area contributed by atoms with E-state index in [0.717, 1.165) is 0 Å². The molecule has 3 N–H and O–H groups in total. The monoisotopic (exact) mass is 255 g/mol. The second kappa shape index (κ2) is 5.97. The molecule has 0 aliphatic carbocycles. The number of ether oxygens (including phenoxy) is 1. The van der Waals surface area contributed by atoms with Gasteiger partial charge in [-0.15, -0.1) is 0 Å². The van der Waals surface area contributed by atoms with E-state index in [1.165, 1.54) is 4.57 Å². The largest absolute Gasteiger partial charge is 0.394 e. The van der Waals surface area contributed by atoms with Crippen LogP contribution in [-0.4, -0.2) is 34.0 Å². The predicted octanol–water partition coefficient (Wildman–Crippen LogP) is 0.249. The van der Waals surface area contributed by atoms with Gasteiger partial charge in [-0.2, -0.15) is 4.98 Å². The Bertz CT molecular complexity index is 437. The molecule has 1 aromatic heterocycles. The Hall–Kier alpha value is -1.40. The van der Waals surface area contributed by atoms with Crippen LogP contribution in [0.4, 0.5) is 5.82 Å². The van der Waals surface area contributed by atoms with Crippen molar-refractivity contribution < 1.29 is 9.84 Å². The number of aliphatic hydroxyl groups excluding tert-OH is 1. The van der Waals surface area contributed by atoms with Gasteiger partial charge in [-0.05, 0) is 11.5 Å². The van der Waals surface area contributed by atoms with E-state index >= 15 is 0 Å². The molecule has 0 amide bonds. The van der Waals surface area contributed by atoms with E-state index < -0.39 is 11.8 Å². The van der Waals surface area contributed by atoms with E-state index in [-0.39, 0.29) is 24.4 Å². The van der Waals surface area contributed by atoms with Gasteiger partial charge >= 0.3 is 5.69 Å². The van der Waals surface area contributed by atoms with Gasteiger partial charge in [0.25, 0.3) is 0 Å². The third-order valence-electron chi connectivity index (χ3n) is 2.25. The number of nitrogens with two attached hydrogens (primary N) is 1. The normalized spacial score (nSPS) is 13.6. The molecule has 6 heteroatoms. The van der Waals surface area contributed by atoms with E-state index in [0.29, 0.717) is 6.61 Å². The van der Waals surface area contributed by atoms with Crippen molar-refractivity contribution in [1.29, 1.82) is 0 Å². The summed E-state index contributed by atoms with van der Waals surface area (Å²) in [5, 5.41) is 9.24. The van der Waals surface area contributed by atoms with Crippen LogP contribution in [0.15, 0.2) is 17.1 Å². The molecule has 18 heavy (non-hydrogen) atoms. The van der Waals surface area contributed by atoms with Gasteiger partial charge in [-0.25, -0.2) is 4.79 Å². The Balaban J connectivity index is 2.65. The average molecular weight is 255 g/mol. The molecular formula is C12H21N3O3. The van der Waals surface area contributed by atoms with E-state index in [9.17, 15) is 9.90 Å². The molecule has 0 fully saturated rings. The van der Waals surface area contributed by atoms with E-state index in [4.69, 9.17) is 10.5 Å². The molecule has 0 aliphatic heterocycles. The molecule has 0 bridgehead atoms. The molecule has 1 atom stereocenters. The summed E-state index contributed by atoms with van der Waals surface area (Å²) in [5.41, 5.74) is 4.98. The first-order valence-corrected chi connectivity index (χ1v) is 5.87. The van der Waals surface area contributed by atoms with Crippen LogP contribution in [-0.2, 0) is 11.3 Å². The quantitative estimate of drug-likeness (QED) is 0.787. The summed E-state index contributed by atoms with van der Waals surface area (Å²) in [6.07, 6.45) is 1.13. The minimum Gasteiger partial charge on any atom is -0.394 e. The highest BCUT2D eigenvalue weighted by atomic mass is 16.5. The summed E-state index contributed by atoms with van der Waals surface area (Å²) < 4.78 is 6.95. The molecule has 0 aliphatic rings. The molecular weight excluding hydrogens is 234 g/mol. The zero-order valence-electron chi connectivity index (χ0n) is 11.1. The Kier molecular flexibility index (Phi) is 4.86. The molecule has 102 valence electrons. The van der Waals surface area contributed by atoms with E-state index in [1.54, 1.807) is 12.3 Å². The van der Waals surface area contributed by atoms with Gasteiger partial charge in [0.1, 0.15) is 5.82 Å². The molecule has 0 radical (unpaired) electrons. The number of nitrogen functional groups attached to an aromatic ring is 1. The third-order valence-corrected chi connectivity index (χ3v) is 2.25. The van der Waals surface area contributed by atoms with Crippen molar-refractivity contribution in [3.63, 3.8) is 0 Å². The van der Waals surface area contributed by atoms with Gasteiger partial charge in [-0.3, -0.25) is 4.57 Å². The fourth-order valence-electron chi connectivity index (χ4n) is 1.33. The molecule has 0 spiro atoms. The summed E-state index contributed by atoms with van der Waals surface area (Å²) in [7, 11) is 0. The number of aliphatic hydroxyl groups is 1. The number of hydrogen-bond donors (Lipinski definition) is 2. The topological polar surface area (TPSA) is 90.4 Å².